The first kappa shape index (κ1) is 17.0. The van der Waals surface area contributed by atoms with Crippen molar-refractivity contribution in [3.63, 3.8) is 0 Å². The minimum atomic E-state index is -5.30. The summed E-state index contributed by atoms with van der Waals surface area (Å²) in [5, 5.41) is 3.31. The second-order valence-corrected chi connectivity index (χ2v) is 7.25. The van der Waals surface area contributed by atoms with E-state index in [1.807, 2.05) is 6.08 Å². The van der Waals surface area contributed by atoms with Crippen molar-refractivity contribution < 1.29 is 21.6 Å². The molecular formula is C15H18F3NO2S. The van der Waals surface area contributed by atoms with Crippen LogP contribution < -0.4 is 5.32 Å². The van der Waals surface area contributed by atoms with Gasteiger partial charge < -0.3 is 5.32 Å². The molecule has 1 aromatic rings. The molecule has 3 nitrogen and oxygen atoms in total. The molecule has 0 radical (unpaired) electrons. The maximum absolute atomic E-state index is 12.6. The van der Waals surface area contributed by atoms with Crippen molar-refractivity contribution in [2.24, 2.45) is 0 Å². The van der Waals surface area contributed by atoms with Gasteiger partial charge in [0.05, 0.1) is 4.90 Å². The van der Waals surface area contributed by atoms with E-state index in [1.54, 1.807) is 6.07 Å². The Kier molecular flexibility index (Phi) is 4.97. The van der Waals surface area contributed by atoms with E-state index >= 15 is 0 Å². The van der Waals surface area contributed by atoms with Crippen LogP contribution in [-0.4, -0.2) is 26.5 Å². The third-order valence-electron chi connectivity index (χ3n) is 3.68. The summed E-state index contributed by atoms with van der Waals surface area (Å²) >= 11 is 0. The lowest BCUT2D eigenvalue weighted by Crippen LogP contribution is -2.32. The van der Waals surface area contributed by atoms with Crippen molar-refractivity contribution in [1.29, 1.82) is 0 Å². The Bertz CT molecular complexity index is 666. The fourth-order valence-electron chi connectivity index (χ4n) is 2.55. The van der Waals surface area contributed by atoms with E-state index in [1.165, 1.54) is 6.07 Å². The van der Waals surface area contributed by atoms with Crippen LogP contribution in [0.25, 0.3) is 5.57 Å². The summed E-state index contributed by atoms with van der Waals surface area (Å²) < 4.78 is 60.9. The van der Waals surface area contributed by atoms with Gasteiger partial charge in [-0.15, -0.1) is 0 Å². The van der Waals surface area contributed by atoms with Gasteiger partial charge >= 0.3 is 5.51 Å². The third-order valence-corrected chi connectivity index (χ3v) is 5.16. The van der Waals surface area contributed by atoms with Crippen molar-refractivity contribution in [2.75, 3.05) is 6.54 Å². The number of hydrogen-bond acceptors (Lipinski definition) is 3. The zero-order valence-corrected chi connectivity index (χ0v) is 13.0. The summed E-state index contributed by atoms with van der Waals surface area (Å²) in [5.74, 6) is 0. The molecule has 0 bridgehead atoms. The van der Waals surface area contributed by atoms with Gasteiger partial charge in [-0.2, -0.15) is 13.2 Å². The van der Waals surface area contributed by atoms with Crippen LogP contribution in [0, 0.1) is 0 Å². The monoisotopic (exact) mass is 333 g/mol. The molecule has 2 rings (SSSR count). The molecule has 1 heterocycles. The first-order chi connectivity index (χ1) is 10.3. The van der Waals surface area contributed by atoms with E-state index in [4.69, 9.17) is 0 Å². The first-order valence-electron chi connectivity index (χ1n) is 7.10. The summed E-state index contributed by atoms with van der Waals surface area (Å²) in [4.78, 5) is -0.705. The highest BCUT2D eigenvalue weighted by atomic mass is 32.2. The van der Waals surface area contributed by atoms with Crippen molar-refractivity contribution in [3.8, 4) is 0 Å². The van der Waals surface area contributed by atoms with E-state index in [9.17, 15) is 21.6 Å². The van der Waals surface area contributed by atoms with Crippen molar-refractivity contribution >= 4 is 15.4 Å². The molecule has 0 fully saturated rings. The standard InChI is InChI=1S/C15H18F3NO2S/c1-2-4-13-9-12(7-8-19-13)11-5-3-6-14(10-11)22(20,21)15(16,17)18/h3,5-7,10,13,19H,2,4,8-9H2,1H3. The van der Waals surface area contributed by atoms with Crippen LogP contribution in [0.3, 0.4) is 0 Å². The second kappa shape index (κ2) is 6.42. The van der Waals surface area contributed by atoms with Gasteiger partial charge in [0, 0.05) is 12.6 Å². The fourth-order valence-corrected chi connectivity index (χ4v) is 3.36. The highest BCUT2D eigenvalue weighted by molar-refractivity contribution is 7.92. The molecule has 0 aliphatic carbocycles. The van der Waals surface area contributed by atoms with Gasteiger partial charge in [-0.1, -0.05) is 31.6 Å². The van der Waals surface area contributed by atoms with Crippen molar-refractivity contribution in [3.05, 3.63) is 35.9 Å². The summed E-state index contributed by atoms with van der Waals surface area (Å²) in [6.45, 7) is 2.70. The lowest BCUT2D eigenvalue weighted by atomic mass is 9.93. The molecule has 1 unspecified atom stereocenters. The zero-order valence-electron chi connectivity index (χ0n) is 12.2. The SMILES string of the molecule is CCCC1CC(c2cccc(S(=O)(=O)C(F)(F)F)c2)=CCN1. The van der Waals surface area contributed by atoms with Gasteiger partial charge in [-0.3, -0.25) is 0 Å². The predicted molar refractivity (Wildman–Crippen MR) is 79.0 cm³/mol. The summed E-state index contributed by atoms with van der Waals surface area (Å²) in [5.41, 5.74) is -3.86. The average molecular weight is 333 g/mol. The van der Waals surface area contributed by atoms with Crippen LogP contribution in [0.15, 0.2) is 35.2 Å². The van der Waals surface area contributed by atoms with E-state index in [0.717, 1.165) is 30.5 Å². The van der Waals surface area contributed by atoms with Crippen LogP contribution in [0.5, 0.6) is 0 Å². The van der Waals surface area contributed by atoms with Crippen LogP contribution in [0.4, 0.5) is 13.2 Å². The van der Waals surface area contributed by atoms with Crippen LogP contribution >= 0.6 is 0 Å². The van der Waals surface area contributed by atoms with Gasteiger partial charge in [-0.25, -0.2) is 8.42 Å². The van der Waals surface area contributed by atoms with E-state index in [0.29, 0.717) is 18.5 Å². The van der Waals surface area contributed by atoms with E-state index in [-0.39, 0.29) is 6.04 Å². The lowest BCUT2D eigenvalue weighted by molar-refractivity contribution is -0.0436. The first-order valence-corrected chi connectivity index (χ1v) is 8.58. The third kappa shape index (κ3) is 3.52. The average Bonchev–Trinajstić information content (AvgIpc) is 2.47. The lowest BCUT2D eigenvalue weighted by Gasteiger charge is -2.24. The number of sulfone groups is 1. The molecule has 1 aliphatic rings. The molecule has 1 aromatic carbocycles. The molecule has 0 spiro atoms. The van der Waals surface area contributed by atoms with Crippen LogP contribution in [0.1, 0.15) is 31.7 Å². The quantitative estimate of drug-likeness (QED) is 0.917. The molecule has 1 N–H and O–H groups in total. The Morgan fingerprint density at radius 3 is 2.68 bits per heavy atom. The smallest absolute Gasteiger partial charge is 0.310 e. The van der Waals surface area contributed by atoms with Crippen LogP contribution in [0.2, 0.25) is 0 Å². The van der Waals surface area contributed by atoms with Crippen molar-refractivity contribution in [2.45, 2.75) is 42.6 Å². The molecule has 1 aliphatic heterocycles. The maximum atomic E-state index is 12.6. The largest absolute Gasteiger partial charge is 0.501 e. The Labute approximate surface area is 128 Å². The highest BCUT2D eigenvalue weighted by Crippen LogP contribution is 2.32. The maximum Gasteiger partial charge on any atom is 0.501 e. The number of nitrogens with one attached hydrogen (secondary N) is 1. The normalized spacial score (nSPS) is 19.8. The number of halogens is 3. The molecule has 0 saturated carbocycles. The van der Waals surface area contributed by atoms with Crippen LogP contribution in [-0.2, 0) is 9.84 Å². The highest BCUT2D eigenvalue weighted by Gasteiger charge is 2.46. The zero-order chi connectivity index (χ0) is 16.4. The summed E-state index contributed by atoms with van der Waals surface area (Å²) in [6.07, 6.45) is 4.56. The van der Waals surface area contributed by atoms with Gasteiger partial charge in [-0.05, 0) is 36.1 Å². The Hall–Kier alpha value is -1.34. The molecule has 0 saturated heterocycles. The molecule has 22 heavy (non-hydrogen) atoms. The molecule has 1 atom stereocenters. The molecule has 0 amide bonds. The molecule has 122 valence electrons. The van der Waals surface area contributed by atoms with Gasteiger partial charge in [0.1, 0.15) is 0 Å². The predicted octanol–water partition coefficient (Wildman–Crippen LogP) is 3.53. The molecular weight excluding hydrogens is 315 g/mol. The summed E-state index contributed by atoms with van der Waals surface area (Å²) in [7, 11) is -5.30. The minimum absolute atomic E-state index is 0.271. The Morgan fingerprint density at radius 2 is 2.05 bits per heavy atom. The van der Waals surface area contributed by atoms with Gasteiger partial charge in [0.25, 0.3) is 9.84 Å². The van der Waals surface area contributed by atoms with Crippen molar-refractivity contribution in [1.82, 2.24) is 5.32 Å². The Balaban J connectivity index is 2.32. The van der Waals surface area contributed by atoms with E-state index in [2.05, 4.69) is 12.2 Å². The number of alkyl halides is 3. The second-order valence-electron chi connectivity index (χ2n) is 5.30. The number of benzene rings is 1. The fraction of sp³-hybridized carbons (Fsp3) is 0.467. The molecule has 0 aromatic heterocycles. The molecule has 7 heteroatoms. The number of rotatable bonds is 4. The number of hydrogen-bond donors (Lipinski definition) is 1. The van der Waals surface area contributed by atoms with Gasteiger partial charge in [0.2, 0.25) is 0 Å². The topological polar surface area (TPSA) is 46.2 Å². The van der Waals surface area contributed by atoms with E-state index < -0.39 is 20.2 Å². The summed E-state index contributed by atoms with van der Waals surface area (Å²) in [6, 6.07) is 5.37. The Morgan fingerprint density at radius 1 is 1.32 bits per heavy atom. The minimum Gasteiger partial charge on any atom is -0.310 e. The van der Waals surface area contributed by atoms with Gasteiger partial charge in [0.15, 0.2) is 0 Å².